The summed E-state index contributed by atoms with van der Waals surface area (Å²) in [5.41, 5.74) is 2.13. The van der Waals surface area contributed by atoms with E-state index in [0.717, 1.165) is 49.0 Å². The molecule has 1 amide bonds. The summed E-state index contributed by atoms with van der Waals surface area (Å²) in [4.78, 5) is 43.6. The number of H-pyrrole nitrogens is 1. The fraction of sp³-hybridized carbons (Fsp3) is 0.455. The van der Waals surface area contributed by atoms with Crippen LogP contribution in [0.5, 0.6) is 0 Å². The van der Waals surface area contributed by atoms with E-state index in [4.69, 9.17) is 4.98 Å². The molecule has 31 heavy (non-hydrogen) atoms. The SMILES string of the molecule is O=C(CCCn1cncn1)N1CCCC2(CCc3c2nc(-c2cccnc2)[nH]c3=O)C1. The van der Waals surface area contributed by atoms with Gasteiger partial charge in [0.15, 0.2) is 0 Å². The number of carbonyl (C=O) groups is 1. The van der Waals surface area contributed by atoms with Gasteiger partial charge in [0.2, 0.25) is 5.91 Å². The molecule has 2 aliphatic rings. The molecular weight excluding hydrogens is 394 g/mol. The average molecular weight is 419 g/mol. The summed E-state index contributed by atoms with van der Waals surface area (Å²) in [5, 5.41) is 4.09. The van der Waals surface area contributed by atoms with Crippen LogP contribution in [0.15, 0.2) is 42.0 Å². The van der Waals surface area contributed by atoms with Gasteiger partial charge in [-0.1, -0.05) is 0 Å². The third kappa shape index (κ3) is 3.75. The number of nitrogens with one attached hydrogen (secondary N) is 1. The maximum Gasteiger partial charge on any atom is 0.254 e. The molecule has 5 rings (SSSR count). The van der Waals surface area contributed by atoms with Crippen molar-refractivity contribution < 1.29 is 4.79 Å². The Kier molecular flexibility index (Phi) is 5.09. The maximum absolute atomic E-state index is 12.9. The number of carbonyl (C=O) groups excluding carboxylic acids is 1. The van der Waals surface area contributed by atoms with Gasteiger partial charge in [-0.3, -0.25) is 19.3 Å². The number of aromatic nitrogens is 6. The molecule has 1 N–H and O–H groups in total. The number of hydrogen-bond acceptors (Lipinski definition) is 6. The number of likely N-dealkylation sites (tertiary alicyclic amines) is 1. The molecule has 0 saturated carbocycles. The molecule has 1 saturated heterocycles. The molecule has 1 aliphatic heterocycles. The summed E-state index contributed by atoms with van der Waals surface area (Å²) < 4.78 is 1.74. The summed E-state index contributed by atoms with van der Waals surface area (Å²) in [6.07, 6.45) is 11.2. The van der Waals surface area contributed by atoms with Crippen LogP contribution in [-0.2, 0) is 23.2 Å². The molecule has 9 nitrogen and oxygen atoms in total. The first-order valence-electron chi connectivity index (χ1n) is 10.8. The largest absolute Gasteiger partial charge is 0.342 e. The standard InChI is InChI=1S/C22H25N7O2/c30-18(5-2-11-29-15-24-14-25-29)28-10-3-7-22(13-28)8-6-17-19(22)26-20(27-21(17)31)16-4-1-9-23-12-16/h1,4,9,12,14-15H,2-3,5-8,10-11,13H2,(H,26,27,31). The molecule has 1 unspecified atom stereocenters. The Morgan fingerprint density at radius 1 is 1.26 bits per heavy atom. The first kappa shape index (κ1) is 19.6. The number of fused-ring (bicyclic) bond motifs is 2. The van der Waals surface area contributed by atoms with Gasteiger partial charge in [-0.25, -0.2) is 9.97 Å². The molecular formula is C22H25N7O2. The van der Waals surface area contributed by atoms with Crippen molar-refractivity contribution in [3.63, 3.8) is 0 Å². The average Bonchev–Trinajstić information content (AvgIpc) is 3.43. The highest BCUT2D eigenvalue weighted by Gasteiger charge is 2.45. The molecule has 9 heteroatoms. The van der Waals surface area contributed by atoms with Crippen molar-refractivity contribution in [2.45, 2.75) is 50.5 Å². The van der Waals surface area contributed by atoms with Gasteiger partial charge < -0.3 is 9.88 Å². The number of aryl methyl sites for hydroxylation is 1. The minimum atomic E-state index is -0.236. The van der Waals surface area contributed by atoms with Gasteiger partial charge in [0, 0.05) is 55.0 Å². The Labute approximate surface area is 179 Å². The Morgan fingerprint density at radius 2 is 2.19 bits per heavy atom. The zero-order chi connectivity index (χ0) is 21.3. The van der Waals surface area contributed by atoms with Gasteiger partial charge in [-0.2, -0.15) is 5.10 Å². The van der Waals surface area contributed by atoms with E-state index in [1.807, 2.05) is 17.0 Å². The van der Waals surface area contributed by atoms with Crippen LogP contribution in [0.3, 0.4) is 0 Å². The van der Waals surface area contributed by atoms with Crippen molar-refractivity contribution >= 4 is 5.91 Å². The number of nitrogens with zero attached hydrogens (tertiary/aromatic N) is 6. The van der Waals surface area contributed by atoms with E-state index in [1.54, 1.807) is 23.4 Å². The van der Waals surface area contributed by atoms with E-state index in [-0.39, 0.29) is 16.9 Å². The summed E-state index contributed by atoms with van der Waals surface area (Å²) in [5.74, 6) is 0.708. The van der Waals surface area contributed by atoms with Gasteiger partial charge in [0.25, 0.3) is 5.56 Å². The second-order valence-corrected chi connectivity index (χ2v) is 8.44. The smallest absolute Gasteiger partial charge is 0.254 e. The number of pyridine rings is 1. The molecule has 1 spiro atoms. The van der Waals surface area contributed by atoms with Crippen LogP contribution in [-0.4, -0.2) is 53.6 Å². The molecule has 3 aromatic heterocycles. The van der Waals surface area contributed by atoms with E-state index in [0.29, 0.717) is 31.8 Å². The molecule has 160 valence electrons. The lowest BCUT2D eigenvalue weighted by atomic mass is 9.77. The van der Waals surface area contributed by atoms with E-state index in [2.05, 4.69) is 20.1 Å². The summed E-state index contributed by atoms with van der Waals surface area (Å²) >= 11 is 0. The number of amides is 1. The predicted octanol–water partition coefficient (Wildman–Crippen LogP) is 1.71. The van der Waals surface area contributed by atoms with E-state index < -0.39 is 0 Å². The molecule has 0 radical (unpaired) electrons. The van der Waals surface area contributed by atoms with Gasteiger partial charge in [0.05, 0.1) is 5.69 Å². The first-order valence-corrected chi connectivity index (χ1v) is 10.8. The fourth-order valence-electron chi connectivity index (χ4n) is 4.93. The summed E-state index contributed by atoms with van der Waals surface area (Å²) in [7, 11) is 0. The minimum Gasteiger partial charge on any atom is -0.342 e. The highest BCUT2D eigenvalue weighted by Crippen LogP contribution is 2.43. The maximum atomic E-state index is 12.9. The van der Waals surface area contributed by atoms with Crippen LogP contribution in [0.2, 0.25) is 0 Å². The van der Waals surface area contributed by atoms with E-state index in [1.165, 1.54) is 6.33 Å². The third-order valence-electron chi connectivity index (χ3n) is 6.48. The minimum absolute atomic E-state index is 0.0722. The first-order chi connectivity index (χ1) is 15.1. The Hall–Kier alpha value is -3.36. The molecule has 1 fully saturated rings. The van der Waals surface area contributed by atoms with Crippen LogP contribution in [0, 0.1) is 0 Å². The second-order valence-electron chi connectivity index (χ2n) is 8.44. The normalized spacial score (nSPS) is 20.2. The molecule has 4 heterocycles. The Bertz CT molecular complexity index is 1130. The zero-order valence-electron chi connectivity index (χ0n) is 17.3. The summed E-state index contributed by atoms with van der Waals surface area (Å²) in [6.45, 7) is 2.07. The fourth-order valence-corrected chi connectivity index (χ4v) is 4.93. The second kappa shape index (κ2) is 8.05. The monoisotopic (exact) mass is 419 g/mol. The molecule has 1 aliphatic carbocycles. The lowest BCUT2D eigenvalue weighted by molar-refractivity contribution is -0.133. The number of hydrogen-bond donors (Lipinski definition) is 1. The number of aromatic amines is 1. The predicted molar refractivity (Wildman–Crippen MR) is 113 cm³/mol. The highest BCUT2D eigenvalue weighted by atomic mass is 16.2. The lowest BCUT2D eigenvalue weighted by Gasteiger charge is -2.40. The zero-order valence-corrected chi connectivity index (χ0v) is 17.3. The molecule has 1 atom stereocenters. The number of rotatable bonds is 5. The Balaban J connectivity index is 1.35. The Morgan fingerprint density at radius 3 is 3.00 bits per heavy atom. The van der Waals surface area contributed by atoms with Crippen molar-refractivity contribution in [1.29, 1.82) is 0 Å². The van der Waals surface area contributed by atoms with Crippen LogP contribution in [0.25, 0.3) is 11.4 Å². The van der Waals surface area contributed by atoms with Crippen molar-refractivity contribution in [3.8, 4) is 11.4 Å². The summed E-state index contributed by atoms with van der Waals surface area (Å²) in [6, 6.07) is 3.73. The van der Waals surface area contributed by atoms with Crippen molar-refractivity contribution in [3.05, 3.63) is 58.8 Å². The van der Waals surface area contributed by atoms with E-state index >= 15 is 0 Å². The van der Waals surface area contributed by atoms with Crippen LogP contribution >= 0.6 is 0 Å². The topological polar surface area (TPSA) is 110 Å². The highest BCUT2D eigenvalue weighted by molar-refractivity contribution is 5.76. The molecule has 0 bridgehead atoms. The van der Waals surface area contributed by atoms with Crippen molar-refractivity contribution in [2.24, 2.45) is 0 Å². The van der Waals surface area contributed by atoms with Gasteiger partial charge in [0.1, 0.15) is 18.5 Å². The van der Waals surface area contributed by atoms with Crippen molar-refractivity contribution in [1.82, 2.24) is 34.6 Å². The van der Waals surface area contributed by atoms with Gasteiger partial charge in [-0.05, 0) is 44.2 Å². The van der Waals surface area contributed by atoms with Gasteiger partial charge in [-0.15, -0.1) is 0 Å². The van der Waals surface area contributed by atoms with Crippen molar-refractivity contribution in [2.75, 3.05) is 13.1 Å². The lowest BCUT2D eigenvalue weighted by Crippen LogP contribution is -2.48. The van der Waals surface area contributed by atoms with Gasteiger partial charge >= 0.3 is 0 Å². The van der Waals surface area contributed by atoms with Crippen LogP contribution in [0.4, 0.5) is 0 Å². The molecule has 0 aromatic carbocycles. The van der Waals surface area contributed by atoms with E-state index in [9.17, 15) is 9.59 Å². The van der Waals surface area contributed by atoms with Crippen LogP contribution < -0.4 is 5.56 Å². The third-order valence-corrected chi connectivity index (χ3v) is 6.48. The number of piperidine rings is 1. The van der Waals surface area contributed by atoms with Crippen LogP contribution in [0.1, 0.15) is 43.4 Å². The quantitative estimate of drug-likeness (QED) is 0.674. The molecule has 3 aromatic rings.